The van der Waals surface area contributed by atoms with Crippen LogP contribution in [0.1, 0.15) is 27.9 Å². The number of aryl methyl sites for hydroxylation is 1. The van der Waals surface area contributed by atoms with Gasteiger partial charge < -0.3 is 20.3 Å². The van der Waals surface area contributed by atoms with Crippen LogP contribution < -0.4 is 20.3 Å². The van der Waals surface area contributed by atoms with Crippen molar-refractivity contribution in [3.8, 4) is 5.88 Å². The lowest BCUT2D eigenvalue weighted by molar-refractivity contribution is 0.0953. The van der Waals surface area contributed by atoms with Gasteiger partial charge in [-0.3, -0.25) is 4.79 Å². The van der Waals surface area contributed by atoms with E-state index >= 15 is 0 Å². The summed E-state index contributed by atoms with van der Waals surface area (Å²) in [4.78, 5) is 19.0. The third-order valence-corrected chi connectivity index (χ3v) is 5.13. The summed E-state index contributed by atoms with van der Waals surface area (Å²) in [6.45, 7) is 5.50. The Balaban J connectivity index is 1.28. The first kappa shape index (κ1) is 17.8. The Bertz CT molecular complexity index is 785. The summed E-state index contributed by atoms with van der Waals surface area (Å²) in [5.74, 6) is 0.593. The molecule has 0 atom stereocenters. The molecule has 0 bridgehead atoms. The van der Waals surface area contributed by atoms with Crippen molar-refractivity contribution in [1.29, 1.82) is 0 Å². The largest absolute Gasteiger partial charge is 0.477 e. The fraction of sp³-hybridized carbons (Fsp3) is 0.429. The number of benzene rings is 1. The number of anilines is 1. The smallest absolute Gasteiger partial charge is 0.252 e. The van der Waals surface area contributed by atoms with Crippen LogP contribution in [-0.4, -0.2) is 50.2 Å². The molecule has 2 N–H and O–H groups in total. The van der Waals surface area contributed by atoms with Gasteiger partial charge in [0.2, 0.25) is 5.88 Å². The maximum atomic E-state index is 12.4. The van der Waals surface area contributed by atoms with Crippen molar-refractivity contribution in [2.75, 3.05) is 44.2 Å². The number of ether oxygens (including phenoxy) is 1. The third-order valence-electron chi connectivity index (χ3n) is 5.13. The highest BCUT2D eigenvalue weighted by Crippen LogP contribution is 2.22. The second kappa shape index (κ2) is 8.39. The maximum absolute atomic E-state index is 12.4. The standard InChI is InChI=1S/C21H26N4O2/c26-20(18-14-17-2-1-13-27-21(17)24-15-18)23-8-7-16-3-5-19(6-4-16)25-11-9-22-10-12-25/h3-6,14-15,22H,1-2,7-13H2,(H,23,26). The first-order valence-corrected chi connectivity index (χ1v) is 9.74. The molecule has 6 heteroatoms. The zero-order valence-corrected chi connectivity index (χ0v) is 15.5. The number of aromatic nitrogens is 1. The van der Waals surface area contributed by atoms with Crippen molar-refractivity contribution in [3.05, 3.63) is 53.2 Å². The quantitative estimate of drug-likeness (QED) is 0.845. The number of fused-ring (bicyclic) bond motifs is 1. The van der Waals surface area contributed by atoms with E-state index in [2.05, 4.69) is 44.8 Å². The van der Waals surface area contributed by atoms with Gasteiger partial charge >= 0.3 is 0 Å². The number of carbonyl (C=O) groups is 1. The van der Waals surface area contributed by atoms with Gasteiger partial charge in [-0.25, -0.2) is 4.98 Å². The molecule has 1 fully saturated rings. The van der Waals surface area contributed by atoms with E-state index in [9.17, 15) is 4.79 Å². The highest BCUT2D eigenvalue weighted by molar-refractivity contribution is 5.94. The van der Waals surface area contributed by atoms with Crippen LogP contribution in [0.25, 0.3) is 0 Å². The van der Waals surface area contributed by atoms with Crippen LogP contribution in [0.5, 0.6) is 5.88 Å². The van der Waals surface area contributed by atoms with E-state index in [0.29, 0.717) is 24.6 Å². The Kier molecular flexibility index (Phi) is 5.53. The summed E-state index contributed by atoms with van der Waals surface area (Å²) < 4.78 is 5.50. The summed E-state index contributed by atoms with van der Waals surface area (Å²) >= 11 is 0. The van der Waals surface area contributed by atoms with Crippen LogP contribution in [-0.2, 0) is 12.8 Å². The molecule has 0 unspecified atom stereocenters. The minimum Gasteiger partial charge on any atom is -0.477 e. The van der Waals surface area contributed by atoms with Crippen molar-refractivity contribution in [2.24, 2.45) is 0 Å². The monoisotopic (exact) mass is 366 g/mol. The van der Waals surface area contributed by atoms with E-state index in [4.69, 9.17) is 4.74 Å². The molecule has 1 aromatic carbocycles. The highest BCUT2D eigenvalue weighted by Gasteiger charge is 2.15. The van der Waals surface area contributed by atoms with Crippen LogP contribution >= 0.6 is 0 Å². The van der Waals surface area contributed by atoms with Crippen molar-refractivity contribution in [1.82, 2.24) is 15.6 Å². The van der Waals surface area contributed by atoms with Crippen LogP contribution in [0.2, 0.25) is 0 Å². The predicted molar refractivity (Wildman–Crippen MR) is 106 cm³/mol. The van der Waals surface area contributed by atoms with E-state index in [1.165, 1.54) is 11.3 Å². The Morgan fingerprint density at radius 2 is 2.04 bits per heavy atom. The number of rotatable bonds is 5. The predicted octanol–water partition coefficient (Wildman–Crippen LogP) is 1.79. The third kappa shape index (κ3) is 4.39. The lowest BCUT2D eigenvalue weighted by Gasteiger charge is -2.29. The van der Waals surface area contributed by atoms with Crippen molar-refractivity contribution in [3.63, 3.8) is 0 Å². The minimum absolute atomic E-state index is 0.0756. The van der Waals surface area contributed by atoms with Gasteiger partial charge in [0, 0.05) is 50.2 Å². The molecule has 0 saturated carbocycles. The lowest BCUT2D eigenvalue weighted by atomic mass is 10.1. The van der Waals surface area contributed by atoms with E-state index in [0.717, 1.165) is 51.0 Å². The number of hydrogen-bond acceptors (Lipinski definition) is 5. The number of piperazine rings is 1. The number of nitrogens with zero attached hydrogens (tertiary/aromatic N) is 2. The Morgan fingerprint density at radius 1 is 1.22 bits per heavy atom. The number of pyridine rings is 1. The molecule has 4 rings (SSSR count). The summed E-state index contributed by atoms with van der Waals surface area (Å²) in [5.41, 5.74) is 4.13. The number of nitrogens with one attached hydrogen (secondary N) is 2. The highest BCUT2D eigenvalue weighted by atomic mass is 16.5. The molecule has 27 heavy (non-hydrogen) atoms. The molecule has 2 aliphatic heterocycles. The molecule has 0 spiro atoms. The van der Waals surface area contributed by atoms with E-state index in [1.807, 2.05) is 6.07 Å². The molecule has 2 aromatic rings. The Labute approximate surface area is 159 Å². The zero-order chi connectivity index (χ0) is 18.5. The molecular weight excluding hydrogens is 340 g/mol. The average Bonchev–Trinajstić information content (AvgIpc) is 2.74. The van der Waals surface area contributed by atoms with Crippen molar-refractivity contribution < 1.29 is 9.53 Å². The molecular formula is C21H26N4O2. The van der Waals surface area contributed by atoms with Crippen LogP contribution in [0.3, 0.4) is 0 Å². The van der Waals surface area contributed by atoms with Gasteiger partial charge in [-0.1, -0.05) is 12.1 Å². The zero-order valence-electron chi connectivity index (χ0n) is 15.5. The average molecular weight is 366 g/mol. The molecule has 1 amide bonds. The van der Waals surface area contributed by atoms with E-state index < -0.39 is 0 Å². The van der Waals surface area contributed by atoms with Gasteiger partial charge in [0.1, 0.15) is 0 Å². The van der Waals surface area contributed by atoms with Crippen LogP contribution in [0.15, 0.2) is 36.5 Å². The van der Waals surface area contributed by atoms with Gasteiger partial charge in [0.25, 0.3) is 5.91 Å². The van der Waals surface area contributed by atoms with Crippen molar-refractivity contribution >= 4 is 11.6 Å². The van der Waals surface area contributed by atoms with Gasteiger partial charge in [0.15, 0.2) is 0 Å². The molecule has 0 radical (unpaired) electrons. The van der Waals surface area contributed by atoms with E-state index in [-0.39, 0.29) is 5.91 Å². The first-order valence-electron chi connectivity index (χ1n) is 9.74. The van der Waals surface area contributed by atoms with Gasteiger partial charge in [0.05, 0.1) is 12.2 Å². The van der Waals surface area contributed by atoms with Crippen LogP contribution in [0.4, 0.5) is 5.69 Å². The van der Waals surface area contributed by atoms with Gasteiger partial charge in [-0.15, -0.1) is 0 Å². The topological polar surface area (TPSA) is 66.5 Å². The second-order valence-corrected chi connectivity index (χ2v) is 7.05. The van der Waals surface area contributed by atoms with Gasteiger partial charge in [-0.2, -0.15) is 0 Å². The van der Waals surface area contributed by atoms with E-state index in [1.54, 1.807) is 6.20 Å². The van der Waals surface area contributed by atoms with Crippen LogP contribution in [0, 0.1) is 0 Å². The molecule has 142 valence electrons. The maximum Gasteiger partial charge on any atom is 0.252 e. The number of carbonyl (C=O) groups excluding carboxylic acids is 1. The minimum atomic E-state index is -0.0756. The molecule has 6 nitrogen and oxygen atoms in total. The fourth-order valence-electron chi connectivity index (χ4n) is 3.58. The molecule has 1 saturated heterocycles. The lowest BCUT2D eigenvalue weighted by Crippen LogP contribution is -2.43. The SMILES string of the molecule is O=C(NCCc1ccc(N2CCNCC2)cc1)c1cnc2c(c1)CCCO2. The molecule has 2 aliphatic rings. The molecule has 3 heterocycles. The van der Waals surface area contributed by atoms with Crippen molar-refractivity contribution in [2.45, 2.75) is 19.3 Å². The molecule has 1 aromatic heterocycles. The normalized spacial score (nSPS) is 16.4. The summed E-state index contributed by atoms with van der Waals surface area (Å²) in [6, 6.07) is 10.6. The fourth-order valence-corrected chi connectivity index (χ4v) is 3.58. The van der Waals surface area contributed by atoms with Gasteiger partial charge in [-0.05, 0) is 43.0 Å². The summed E-state index contributed by atoms with van der Waals surface area (Å²) in [5, 5.41) is 6.37. The first-order chi connectivity index (χ1) is 13.3. The molecule has 0 aliphatic carbocycles. The summed E-state index contributed by atoms with van der Waals surface area (Å²) in [6.07, 6.45) is 4.31. The second-order valence-electron chi connectivity index (χ2n) is 7.05. The number of hydrogen-bond donors (Lipinski definition) is 2. The Hall–Kier alpha value is -2.60. The summed E-state index contributed by atoms with van der Waals surface area (Å²) in [7, 11) is 0. The Morgan fingerprint density at radius 3 is 2.85 bits per heavy atom. The number of amides is 1.